The predicted octanol–water partition coefficient (Wildman–Crippen LogP) is 2.97. The Bertz CT molecular complexity index is 685. The number of methoxy groups -OCH3 is 1. The number of halogens is 1. The van der Waals surface area contributed by atoms with Gasteiger partial charge in [0.05, 0.1) is 23.7 Å². The van der Waals surface area contributed by atoms with Gasteiger partial charge in [0.15, 0.2) is 5.78 Å². The lowest BCUT2D eigenvalue weighted by Crippen LogP contribution is -2.05. The molecule has 0 radical (unpaired) electrons. The Labute approximate surface area is 113 Å². The molecule has 0 aromatic heterocycles. The van der Waals surface area contributed by atoms with Crippen LogP contribution < -0.4 is 4.74 Å². The predicted molar refractivity (Wildman–Crippen MR) is 69.5 cm³/mol. The van der Waals surface area contributed by atoms with Crippen molar-refractivity contribution < 1.29 is 18.8 Å². The van der Waals surface area contributed by atoms with Crippen molar-refractivity contribution in [3.05, 3.63) is 69.5 Å². The van der Waals surface area contributed by atoms with Gasteiger partial charge < -0.3 is 4.74 Å². The molecule has 5 nitrogen and oxygen atoms in total. The van der Waals surface area contributed by atoms with E-state index < -0.39 is 22.2 Å². The first-order chi connectivity index (χ1) is 9.52. The van der Waals surface area contributed by atoms with Crippen molar-refractivity contribution in [1.29, 1.82) is 0 Å². The summed E-state index contributed by atoms with van der Waals surface area (Å²) in [6.07, 6.45) is 0. The van der Waals surface area contributed by atoms with Crippen LogP contribution in [0.25, 0.3) is 0 Å². The molecule has 0 spiro atoms. The van der Waals surface area contributed by atoms with E-state index in [1.54, 1.807) is 12.1 Å². The Morgan fingerprint density at radius 1 is 1.25 bits per heavy atom. The number of ether oxygens (including phenoxy) is 1. The van der Waals surface area contributed by atoms with Crippen molar-refractivity contribution in [2.24, 2.45) is 0 Å². The van der Waals surface area contributed by atoms with Crippen LogP contribution in [-0.4, -0.2) is 17.8 Å². The summed E-state index contributed by atoms with van der Waals surface area (Å²) in [5.41, 5.74) is -0.370. The van der Waals surface area contributed by atoms with Crippen LogP contribution in [0.5, 0.6) is 5.75 Å². The number of carbonyl (C=O) groups is 1. The zero-order chi connectivity index (χ0) is 14.7. The Kier molecular flexibility index (Phi) is 3.74. The molecule has 2 aromatic carbocycles. The molecule has 0 aliphatic carbocycles. The highest BCUT2D eigenvalue weighted by Crippen LogP contribution is 2.21. The lowest BCUT2D eigenvalue weighted by Gasteiger charge is -2.05. The van der Waals surface area contributed by atoms with Crippen molar-refractivity contribution >= 4 is 11.5 Å². The third-order valence-electron chi connectivity index (χ3n) is 2.74. The molecule has 102 valence electrons. The highest BCUT2D eigenvalue weighted by atomic mass is 19.1. The zero-order valence-electron chi connectivity index (χ0n) is 10.5. The van der Waals surface area contributed by atoms with E-state index in [0.29, 0.717) is 5.75 Å². The lowest BCUT2D eigenvalue weighted by atomic mass is 10.0. The summed E-state index contributed by atoms with van der Waals surface area (Å²) in [7, 11) is 1.45. The quantitative estimate of drug-likeness (QED) is 0.488. The fourth-order valence-electron chi connectivity index (χ4n) is 1.72. The summed E-state index contributed by atoms with van der Waals surface area (Å²) in [5.74, 6) is -1.01. The molecule has 0 saturated carbocycles. The van der Waals surface area contributed by atoms with Gasteiger partial charge in [-0.1, -0.05) is 12.1 Å². The molecule has 20 heavy (non-hydrogen) atoms. The van der Waals surface area contributed by atoms with E-state index in [-0.39, 0.29) is 11.1 Å². The summed E-state index contributed by atoms with van der Waals surface area (Å²) in [5, 5.41) is 10.5. The van der Waals surface area contributed by atoms with Crippen LogP contribution in [-0.2, 0) is 0 Å². The van der Waals surface area contributed by atoms with Crippen molar-refractivity contribution in [3.8, 4) is 5.75 Å². The summed E-state index contributed by atoms with van der Waals surface area (Å²) in [6.45, 7) is 0. The number of ketones is 1. The monoisotopic (exact) mass is 275 g/mol. The molecule has 0 aliphatic rings. The third kappa shape index (κ3) is 2.64. The topological polar surface area (TPSA) is 69.4 Å². The van der Waals surface area contributed by atoms with Crippen molar-refractivity contribution in [3.63, 3.8) is 0 Å². The maximum Gasteiger partial charge on any atom is 0.272 e. The minimum absolute atomic E-state index is 0.219. The first-order valence-corrected chi connectivity index (χ1v) is 5.65. The van der Waals surface area contributed by atoms with Crippen LogP contribution in [0.3, 0.4) is 0 Å². The van der Waals surface area contributed by atoms with Gasteiger partial charge in [-0.2, -0.15) is 0 Å². The highest BCUT2D eigenvalue weighted by Gasteiger charge is 2.17. The van der Waals surface area contributed by atoms with Crippen LogP contribution in [0.15, 0.2) is 42.5 Å². The summed E-state index contributed by atoms with van der Waals surface area (Å²) in [4.78, 5) is 22.0. The van der Waals surface area contributed by atoms with Gasteiger partial charge in [-0.15, -0.1) is 0 Å². The van der Waals surface area contributed by atoms with Crippen LogP contribution in [0.2, 0.25) is 0 Å². The Morgan fingerprint density at radius 3 is 2.60 bits per heavy atom. The normalized spacial score (nSPS) is 10.1. The van der Waals surface area contributed by atoms with Gasteiger partial charge in [-0.05, 0) is 18.2 Å². The molecule has 0 aliphatic heterocycles. The molecule has 6 heteroatoms. The zero-order valence-corrected chi connectivity index (χ0v) is 10.5. The molecule has 0 heterocycles. The van der Waals surface area contributed by atoms with E-state index in [9.17, 15) is 19.3 Å². The number of nitro groups is 1. The fourth-order valence-corrected chi connectivity index (χ4v) is 1.72. The fraction of sp³-hybridized carbons (Fsp3) is 0.0714. The number of non-ortho nitro benzene ring substituents is 1. The maximum atomic E-state index is 13.8. The van der Waals surface area contributed by atoms with Gasteiger partial charge in [-0.3, -0.25) is 14.9 Å². The number of hydrogen-bond donors (Lipinski definition) is 0. The standard InChI is InChI=1S/C14H10FNO4/c1-20-11-4-2-3-9(7-11)14(17)12-6-5-10(16(18)19)8-13(12)15/h2-8H,1H3. The lowest BCUT2D eigenvalue weighted by molar-refractivity contribution is -0.385. The van der Waals surface area contributed by atoms with Crippen LogP contribution >= 0.6 is 0 Å². The van der Waals surface area contributed by atoms with E-state index in [1.807, 2.05) is 0 Å². The number of nitrogens with zero attached hydrogens (tertiary/aromatic N) is 1. The maximum absolute atomic E-state index is 13.8. The summed E-state index contributed by atoms with van der Waals surface area (Å²) >= 11 is 0. The van der Waals surface area contributed by atoms with Gasteiger partial charge in [-0.25, -0.2) is 4.39 Å². The number of carbonyl (C=O) groups excluding carboxylic acids is 1. The highest BCUT2D eigenvalue weighted by molar-refractivity contribution is 6.09. The van der Waals surface area contributed by atoms with Crippen LogP contribution in [0, 0.1) is 15.9 Å². The van der Waals surface area contributed by atoms with Gasteiger partial charge in [0.2, 0.25) is 0 Å². The van der Waals surface area contributed by atoms with Gasteiger partial charge >= 0.3 is 0 Å². The molecule has 0 unspecified atom stereocenters. The third-order valence-corrected chi connectivity index (χ3v) is 2.74. The van der Waals surface area contributed by atoms with Crippen molar-refractivity contribution in [2.45, 2.75) is 0 Å². The second-order valence-electron chi connectivity index (χ2n) is 3.98. The Balaban J connectivity index is 2.40. The minimum atomic E-state index is -0.924. The first-order valence-electron chi connectivity index (χ1n) is 5.65. The second kappa shape index (κ2) is 5.48. The number of nitro benzene ring substituents is 1. The van der Waals surface area contributed by atoms with Crippen molar-refractivity contribution in [2.75, 3.05) is 7.11 Å². The Morgan fingerprint density at radius 2 is 2.00 bits per heavy atom. The first kappa shape index (κ1) is 13.7. The number of hydrogen-bond acceptors (Lipinski definition) is 4. The van der Waals surface area contributed by atoms with Gasteiger partial charge in [0, 0.05) is 11.6 Å². The molecule has 0 bridgehead atoms. The molecule has 0 N–H and O–H groups in total. The molecule has 0 saturated heterocycles. The Hall–Kier alpha value is -2.76. The van der Waals surface area contributed by atoms with Crippen LogP contribution in [0.4, 0.5) is 10.1 Å². The van der Waals surface area contributed by atoms with E-state index in [0.717, 1.165) is 18.2 Å². The van der Waals surface area contributed by atoms with E-state index in [4.69, 9.17) is 4.74 Å². The van der Waals surface area contributed by atoms with Crippen LogP contribution in [0.1, 0.15) is 15.9 Å². The molecule has 2 rings (SSSR count). The van der Waals surface area contributed by atoms with Crippen molar-refractivity contribution in [1.82, 2.24) is 0 Å². The number of benzene rings is 2. The second-order valence-corrected chi connectivity index (χ2v) is 3.98. The molecular weight excluding hydrogens is 265 g/mol. The SMILES string of the molecule is COc1cccc(C(=O)c2ccc([N+](=O)[O-])cc2F)c1. The average molecular weight is 275 g/mol. The largest absolute Gasteiger partial charge is 0.497 e. The minimum Gasteiger partial charge on any atom is -0.497 e. The molecule has 2 aromatic rings. The molecule has 0 fully saturated rings. The van der Waals surface area contributed by atoms with E-state index in [1.165, 1.54) is 19.2 Å². The van der Waals surface area contributed by atoms with E-state index in [2.05, 4.69) is 0 Å². The smallest absolute Gasteiger partial charge is 0.272 e. The van der Waals surface area contributed by atoms with Gasteiger partial charge in [0.1, 0.15) is 11.6 Å². The van der Waals surface area contributed by atoms with E-state index >= 15 is 0 Å². The molecule has 0 amide bonds. The molecule has 0 atom stereocenters. The summed E-state index contributed by atoms with van der Waals surface area (Å²) < 4.78 is 18.8. The molecular formula is C14H10FNO4. The summed E-state index contributed by atoms with van der Waals surface area (Å²) in [6, 6.07) is 9.19. The number of rotatable bonds is 4. The van der Waals surface area contributed by atoms with Gasteiger partial charge in [0.25, 0.3) is 5.69 Å². The average Bonchev–Trinajstić information content (AvgIpc) is 2.46.